The summed E-state index contributed by atoms with van der Waals surface area (Å²) < 4.78 is 9.62. The van der Waals surface area contributed by atoms with Crippen LogP contribution in [-0.4, -0.2) is 49.2 Å². The first kappa shape index (κ1) is 35.9. The van der Waals surface area contributed by atoms with Crippen LogP contribution in [0.5, 0.6) is 0 Å². The van der Waals surface area contributed by atoms with Crippen molar-refractivity contribution in [3.63, 3.8) is 0 Å². The molecule has 0 aliphatic carbocycles. The van der Waals surface area contributed by atoms with Gasteiger partial charge in [0.1, 0.15) is 0 Å². The van der Waals surface area contributed by atoms with Crippen LogP contribution in [0.25, 0.3) is 0 Å². The van der Waals surface area contributed by atoms with Crippen molar-refractivity contribution in [2.45, 2.75) is 73.6 Å². The van der Waals surface area contributed by atoms with Gasteiger partial charge in [-0.25, -0.2) is 0 Å². The first-order valence-corrected chi connectivity index (χ1v) is 9.50. The number of aliphatic hydroxyl groups excluding tert-OH is 2. The number of allylic oxidation sites excluding steroid dienone is 2. The van der Waals surface area contributed by atoms with Crippen LogP contribution in [0.3, 0.4) is 0 Å². The van der Waals surface area contributed by atoms with Crippen LogP contribution in [0.4, 0.5) is 0 Å². The summed E-state index contributed by atoms with van der Waals surface area (Å²) in [5.41, 5.74) is 0. The lowest BCUT2D eigenvalue weighted by Gasteiger charge is -2.00. The van der Waals surface area contributed by atoms with E-state index in [1.165, 1.54) is 32.6 Å². The van der Waals surface area contributed by atoms with Crippen molar-refractivity contribution in [3.8, 4) is 0 Å². The van der Waals surface area contributed by atoms with Crippen molar-refractivity contribution < 1.29 is 24.5 Å². The molecule has 0 heterocycles. The number of carbonyl (C=O) groups is 1. The molecule has 0 saturated carbocycles. The summed E-state index contributed by atoms with van der Waals surface area (Å²) >= 11 is 0. The maximum atomic E-state index is 10.3. The number of rotatable bonds is 9. The fourth-order valence-electron chi connectivity index (χ4n) is 1.13. The molecule has 160 valence electrons. The molecule has 2 N–H and O–H groups in total. The highest BCUT2D eigenvalue weighted by Crippen LogP contribution is 2.02. The minimum absolute atomic E-state index is 0.125. The zero-order valence-electron chi connectivity index (χ0n) is 18.3. The molecular weight excluding hydrogens is 332 g/mol. The molecule has 0 saturated heterocycles. The smallest absolute Gasteiger partial charge is 0.302 e. The highest BCUT2D eigenvalue weighted by molar-refractivity contribution is 5.65. The topological polar surface area (TPSA) is 76.0 Å². The standard InChI is InChI=1S/C9H18O2.C4H10O.2C3H6.C2H6O2/c1-3-4-5-6-7-8-11-9(2)10;1-3-5-4-2;2*1-3-2;3-1-2-4/h3-8H2,1-2H3;3-4H2,1-2H3;2*3H,1H2,2H3;3-4H,1-2H2. The van der Waals surface area contributed by atoms with Crippen LogP contribution in [0, 0.1) is 0 Å². The van der Waals surface area contributed by atoms with E-state index in [1.807, 2.05) is 27.7 Å². The third-order valence-corrected chi connectivity index (χ3v) is 2.06. The molecule has 0 aromatic carbocycles. The van der Waals surface area contributed by atoms with Crippen molar-refractivity contribution in [3.05, 3.63) is 25.3 Å². The summed E-state index contributed by atoms with van der Waals surface area (Å²) in [6.07, 6.45) is 9.51. The first-order chi connectivity index (χ1) is 12.4. The van der Waals surface area contributed by atoms with Gasteiger partial charge in [-0.2, -0.15) is 0 Å². The molecule has 5 heteroatoms. The fourth-order valence-corrected chi connectivity index (χ4v) is 1.13. The van der Waals surface area contributed by atoms with E-state index < -0.39 is 0 Å². The van der Waals surface area contributed by atoms with Crippen LogP contribution in [0.2, 0.25) is 0 Å². The van der Waals surface area contributed by atoms with Gasteiger partial charge in [-0.1, -0.05) is 44.8 Å². The van der Waals surface area contributed by atoms with Gasteiger partial charge in [0.05, 0.1) is 19.8 Å². The Balaban J connectivity index is -0.0000000817. The van der Waals surface area contributed by atoms with Gasteiger partial charge >= 0.3 is 5.97 Å². The summed E-state index contributed by atoms with van der Waals surface area (Å²) in [4.78, 5) is 10.3. The molecule has 0 bridgehead atoms. The summed E-state index contributed by atoms with van der Waals surface area (Å²) in [5.74, 6) is -0.166. The molecule has 0 aromatic heterocycles. The average molecular weight is 379 g/mol. The van der Waals surface area contributed by atoms with Gasteiger partial charge in [-0.05, 0) is 34.1 Å². The number of carbonyl (C=O) groups excluding carboxylic acids is 1. The van der Waals surface area contributed by atoms with E-state index in [1.54, 1.807) is 12.2 Å². The van der Waals surface area contributed by atoms with Gasteiger partial charge < -0.3 is 19.7 Å². The van der Waals surface area contributed by atoms with Crippen molar-refractivity contribution in [2.24, 2.45) is 0 Å². The van der Waals surface area contributed by atoms with Crippen LogP contribution in [0.1, 0.15) is 73.6 Å². The predicted molar refractivity (Wildman–Crippen MR) is 113 cm³/mol. The molecule has 0 unspecified atom stereocenters. The second-order valence-electron chi connectivity index (χ2n) is 4.80. The minimum atomic E-state index is -0.166. The maximum absolute atomic E-state index is 10.3. The lowest BCUT2D eigenvalue weighted by atomic mass is 10.2. The van der Waals surface area contributed by atoms with Crippen molar-refractivity contribution in [1.82, 2.24) is 0 Å². The average Bonchev–Trinajstić information content (AvgIpc) is 2.61. The Hall–Kier alpha value is -1.17. The van der Waals surface area contributed by atoms with Gasteiger partial charge in [0, 0.05) is 20.1 Å². The molecule has 0 radical (unpaired) electrons. The number of esters is 1. The first-order valence-electron chi connectivity index (χ1n) is 9.50. The monoisotopic (exact) mass is 378 g/mol. The van der Waals surface area contributed by atoms with Crippen molar-refractivity contribution >= 4 is 5.97 Å². The zero-order valence-corrected chi connectivity index (χ0v) is 18.3. The summed E-state index contributed by atoms with van der Waals surface area (Å²) in [7, 11) is 0. The third kappa shape index (κ3) is 113. The van der Waals surface area contributed by atoms with Crippen LogP contribution in [-0.2, 0) is 14.3 Å². The van der Waals surface area contributed by atoms with E-state index in [0.717, 1.165) is 19.6 Å². The molecular formula is C21H46O5. The van der Waals surface area contributed by atoms with Gasteiger partial charge in [0.25, 0.3) is 0 Å². The Morgan fingerprint density at radius 3 is 1.50 bits per heavy atom. The van der Waals surface area contributed by atoms with E-state index in [4.69, 9.17) is 19.7 Å². The Morgan fingerprint density at radius 1 is 0.885 bits per heavy atom. The Bertz CT molecular complexity index is 220. The van der Waals surface area contributed by atoms with Gasteiger partial charge in [-0.15, -0.1) is 13.2 Å². The molecule has 0 aliphatic rings. The van der Waals surface area contributed by atoms with Gasteiger partial charge in [-0.3, -0.25) is 4.79 Å². The number of unbranched alkanes of at least 4 members (excludes halogenated alkanes) is 4. The number of aliphatic hydroxyl groups is 2. The van der Waals surface area contributed by atoms with E-state index in [0.29, 0.717) is 6.61 Å². The summed E-state index contributed by atoms with van der Waals surface area (Å²) in [6, 6.07) is 0. The molecule has 0 aliphatic heterocycles. The van der Waals surface area contributed by atoms with E-state index in [2.05, 4.69) is 20.1 Å². The normalized spacial score (nSPS) is 7.85. The van der Waals surface area contributed by atoms with Gasteiger partial charge in [0.2, 0.25) is 0 Å². The van der Waals surface area contributed by atoms with E-state index >= 15 is 0 Å². The Kier molecular flexibility index (Phi) is 68.4. The Morgan fingerprint density at radius 2 is 1.27 bits per heavy atom. The second kappa shape index (κ2) is 49.6. The quantitative estimate of drug-likeness (QED) is 0.338. The molecule has 0 fully saturated rings. The van der Waals surface area contributed by atoms with Gasteiger partial charge in [0.15, 0.2) is 0 Å². The lowest BCUT2D eigenvalue weighted by molar-refractivity contribution is -0.141. The highest BCUT2D eigenvalue weighted by atomic mass is 16.5. The number of hydrogen-bond acceptors (Lipinski definition) is 5. The lowest BCUT2D eigenvalue weighted by Crippen LogP contribution is -1.99. The fraction of sp³-hybridized carbons (Fsp3) is 0.762. The molecule has 26 heavy (non-hydrogen) atoms. The highest BCUT2D eigenvalue weighted by Gasteiger charge is 1.92. The Labute approximate surface area is 163 Å². The number of ether oxygens (including phenoxy) is 2. The summed E-state index contributed by atoms with van der Waals surface area (Å²) in [6.45, 7) is 20.1. The summed E-state index contributed by atoms with van der Waals surface area (Å²) in [5, 5.41) is 15.2. The third-order valence-electron chi connectivity index (χ3n) is 2.06. The van der Waals surface area contributed by atoms with Crippen molar-refractivity contribution in [2.75, 3.05) is 33.0 Å². The SMILES string of the molecule is C=CC.C=CC.CCCCCCCOC(C)=O.CCOCC.OCCO. The maximum Gasteiger partial charge on any atom is 0.302 e. The predicted octanol–water partition coefficient (Wildman–Crippen LogP) is 4.92. The van der Waals surface area contributed by atoms with Crippen LogP contribution < -0.4 is 0 Å². The molecule has 0 aromatic rings. The van der Waals surface area contributed by atoms with E-state index in [-0.39, 0.29) is 19.2 Å². The minimum Gasteiger partial charge on any atom is -0.466 e. The molecule has 0 rings (SSSR count). The zero-order chi connectivity index (χ0) is 21.5. The molecule has 0 spiro atoms. The van der Waals surface area contributed by atoms with E-state index in [9.17, 15) is 4.79 Å². The molecule has 5 nitrogen and oxygen atoms in total. The molecule has 0 amide bonds. The van der Waals surface area contributed by atoms with Crippen molar-refractivity contribution in [1.29, 1.82) is 0 Å². The van der Waals surface area contributed by atoms with Crippen LogP contribution >= 0.6 is 0 Å². The largest absolute Gasteiger partial charge is 0.466 e. The van der Waals surface area contributed by atoms with Crippen LogP contribution in [0.15, 0.2) is 25.3 Å². The molecule has 0 atom stereocenters. The second-order valence-corrected chi connectivity index (χ2v) is 4.80. The number of hydrogen-bond donors (Lipinski definition) is 2.